The molecule has 28 heavy (non-hydrogen) atoms. The van der Waals surface area contributed by atoms with Crippen LogP contribution in [0.1, 0.15) is 57.9 Å². The van der Waals surface area contributed by atoms with Crippen LogP contribution in [0.2, 0.25) is 0 Å². The first-order valence-corrected chi connectivity index (χ1v) is 12.0. The Hall–Kier alpha value is -1.34. The second kappa shape index (κ2) is 7.17. The summed E-state index contributed by atoms with van der Waals surface area (Å²) in [6, 6.07) is 0. The maximum absolute atomic E-state index is 13.1. The van der Waals surface area contributed by atoms with Crippen molar-refractivity contribution in [3.63, 3.8) is 0 Å². The molecule has 3 aromatic rings. The van der Waals surface area contributed by atoms with Crippen molar-refractivity contribution in [1.82, 2.24) is 19.2 Å². The zero-order valence-corrected chi connectivity index (χ0v) is 19.3. The van der Waals surface area contributed by atoms with Crippen LogP contribution in [-0.2, 0) is 19.9 Å². The van der Waals surface area contributed by atoms with Gasteiger partial charge in [0, 0.05) is 17.7 Å². The number of fused-ring (bicyclic) bond motifs is 5. The van der Waals surface area contributed by atoms with E-state index in [2.05, 4.69) is 49.2 Å². The van der Waals surface area contributed by atoms with E-state index < -0.39 is 0 Å². The molecule has 0 saturated carbocycles. The summed E-state index contributed by atoms with van der Waals surface area (Å²) >= 11 is 3.53. The zero-order chi connectivity index (χ0) is 20.2. The highest BCUT2D eigenvalue weighted by atomic mass is 32.2. The Kier molecular flexibility index (Phi) is 5.11. The van der Waals surface area contributed by atoms with Crippen LogP contribution in [-0.4, -0.2) is 24.9 Å². The lowest BCUT2D eigenvalue weighted by atomic mass is 9.72. The van der Waals surface area contributed by atoms with Gasteiger partial charge in [-0.2, -0.15) is 0 Å². The monoisotopic (exact) mass is 418 g/mol. The van der Waals surface area contributed by atoms with Crippen LogP contribution in [0.25, 0.3) is 16.0 Å². The van der Waals surface area contributed by atoms with E-state index in [0.717, 1.165) is 46.8 Å². The molecule has 0 amide bonds. The van der Waals surface area contributed by atoms with E-state index in [0.29, 0.717) is 23.0 Å². The molecule has 0 unspecified atom stereocenters. The summed E-state index contributed by atoms with van der Waals surface area (Å²) in [7, 11) is 1.82. The molecule has 152 valence electrons. The predicted molar refractivity (Wildman–Crippen MR) is 119 cm³/mol. The Morgan fingerprint density at radius 3 is 2.71 bits per heavy atom. The minimum absolute atomic E-state index is 0.0698. The number of hydrogen-bond acceptors (Lipinski definition) is 5. The average Bonchev–Trinajstić information content (AvgIpc) is 3.19. The maximum atomic E-state index is 13.1. The van der Waals surface area contributed by atoms with E-state index >= 15 is 0 Å². The second-order valence-corrected chi connectivity index (χ2v) is 11.6. The third kappa shape index (κ3) is 3.30. The van der Waals surface area contributed by atoms with Crippen LogP contribution in [0.3, 0.4) is 0 Å². The van der Waals surface area contributed by atoms with Gasteiger partial charge in [0.15, 0.2) is 5.16 Å². The van der Waals surface area contributed by atoms with Crippen molar-refractivity contribution in [1.29, 1.82) is 0 Å². The van der Waals surface area contributed by atoms with E-state index in [4.69, 9.17) is 0 Å². The van der Waals surface area contributed by atoms with Gasteiger partial charge in [-0.3, -0.25) is 9.36 Å². The third-order valence-corrected chi connectivity index (χ3v) is 8.24. The lowest BCUT2D eigenvalue weighted by Gasteiger charge is -2.33. The number of aromatic nitrogens is 4. The summed E-state index contributed by atoms with van der Waals surface area (Å²) in [5.74, 6) is 2.99. The summed E-state index contributed by atoms with van der Waals surface area (Å²) in [6.07, 6.45) is 4.36. The zero-order valence-electron chi connectivity index (χ0n) is 17.7. The first-order valence-electron chi connectivity index (χ1n) is 10.2. The largest absolute Gasteiger partial charge is 0.279 e. The Morgan fingerprint density at radius 1 is 1.29 bits per heavy atom. The molecule has 0 N–H and O–H groups in total. The molecule has 7 heteroatoms. The fourth-order valence-corrected chi connectivity index (χ4v) is 6.73. The van der Waals surface area contributed by atoms with Crippen LogP contribution < -0.4 is 5.56 Å². The molecule has 1 aliphatic carbocycles. The molecule has 1 atom stereocenters. The Morgan fingerprint density at radius 2 is 2.04 bits per heavy atom. The van der Waals surface area contributed by atoms with Crippen LogP contribution >= 0.6 is 23.1 Å². The summed E-state index contributed by atoms with van der Waals surface area (Å²) in [5, 5.41) is 10.6. The summed E-state index contributed by atoms with van der Waals surface area (Å²) in [5.41, 5.74) is 1.64. The van der Waals surface area contributed by atoms with E-state index in [1.165, 1.54) is 10.4 Å². The number of aryl methyl sites for hydroxylation is 2. The van der Waals surface area contributed by atoms with Gasteiger partial charge in [0.1, 0.15) is 4.83 Å². The SMILES string of the molecule is CC(C)CCSc1nnc2n(C)c(=O)c3c4c(sc3n12)C[C@H](C(C)(C)C)CC4. The van der Waals surface area contributed by atoms with E-state index in [-0.39, 0.29) is 5.56 Å². The Balaban J connectivity index is 1.86. The van der Waals surface area contributed by atoms with Crippen molar-refractivity contribution < 1.29 is 0 Å². The number of hydrogen-bond donors (Lipinski definition) is 0. The fourth-order valence-electron chi connectivity index (χ4n) is 4.08. The summed E-state index contributed by atoms with van der Waals surface area (Å²) in [4.78, 5) is 15.6. The summed E-state index contributed by atoms with van der Waals surface area (Å²) in [6.45, 7) is 11.5. The van der Waals surface area contributed by atoms with Crippen LogP contribution in [0, 0.1) is 17.3 Å². The number of thiophene rings is 1. The highest BCUT2D eigenvalue weighted by molar-refractivity contribution is 7.99. The van der Waals surface area contributed by atoms with Crippen LogP contribution in [0.4, 0.5) is 0 Å². The highest BCUT2D eigenvalue weighted by Gasteiger charge is 2.32. The molecule has 3 aromatic heterocycles. The topological polar surface area (TPSA) is 52.2 Å². The summed E-state index contributed by atoms with van der Waals surface area (Å²) < 4.78 is 3.79. The Bertz CT molecular complexity index is 1080. The van der Waals surface area contributed by atoms with Gasteiger partial charge < -0.3 is 0 Å². The molecule has 4 rings (SSSR count). The van der Waals surface area contributed by atoms with Gasteiger partial charge in [-0.25, -0.2) is 4.40 Å². The molecule has 5 nitrogen and oxygen atoms in total. The van der Waals surface area contributed by atoms with Gasteiger partial charge >= 0.3 is 0 Å². The van der Waals surface area contributed by atoms with Gasteiger partial charge in [-0.05, 0) is 48.5 Å². The van der Waals surface area contributed by atoms with Gasteiger partial charge in [-0.15, -0.1) is 21.5 Å². The lowest BCUT2D eigenvalue weighted by molar-refractivity contribution is 0.218. The molecule has 0 aliphatic heterocycles. The highest BCUT2D eigenvalue weighted by Crippen LogP contribution is 2.43. The van der Waals surface area contributed by atoms with Gasteiger partial charge in [0.05, 0.1) is 5.39 Å². The van der Waals surface area contributed by atoms with Crippen molar-refractivity contribution >= 4 is 39.1 Å². The molecule has 3 heterocycles. The molecular weight excluding hydrogens is 388 g/mol. The molecule has 0 bridgehead atoms. The minimum atomic E-state index is 0.0698. The molecule has 0 saturated heterocycles. The average molecular weight is 419 g/mol. The van der Waals surface area contributed by atoms with Crippen molar-refractivity contribution in [2.45, 2.75) is 65.5 Å². The number of rotatable bonds is 4. The van der Waals surface area contributed by atoms with E-state index in [9.17, 15) is 4.79 Å². The number of thioether (sulfide) groups is 1. The van der Waals surface area contributed by atoms with Gasteiger partial charge in [0.2, 0.25) is 5.78 Å². The van der Waals surface area contributed by atoms with Crippen LogP contribution in [0.5, 0.6) is 0 Å². The third-order valence-electron chi connectivity index (χ3n) is 6.04. The second-order valence-electron chi connectivity index (χ2n) is 9.50. The van der Waals surface area contributed by atoms with Crippen molar-refractivity contribution in [2.75, 3.05) is 5.75 Å². The van der Waals surface area contributed by atoms with Crippen molar-refractivity contribution in [3.8, 4) is 0 Å². The predicted octanol–water partition coefficient (Wildman–Crippen LogP) is 4.93. The number of nitrogens with zero attached hydrogens (tertiary/aromatic N) is 4. The minimum Gasteiger partial charge on any atom is -0.279 e. The molecular formula is C21H30N4OS2. The maximum Gasteiger partial charge on any atom is 0.263 e. The first kappa shape index (κ1) is 20.0. The molecule has 0 aromatic carbocycles. The first-order chi connectivity index (χ1) is 13.2. The molecule has 0 spiro atoms. The normalized spacial score (nSPS) is 17.8. The smallest absolute Gasteiger partial charge is 0.263 e. The Labute approximate surface area is 174 Å². The van der Waals surface area contributed by atoms with Crippen molar-refractivity contribution in [2.24, 2.45) is 24.3 Å². The molecule has 1 aliphatic rings. The van der Waals surface area contributed by atoms with Gasteiger partial charge in [0.25, 0.3) is 5.56 Å². The molecule has 0 fully saturated rings. The van der Waals surface area contributed by atoms with E-state index in [1.807, 2.05) is 7.05 Å². The quantitative estimate of drug-likeness (QED) is 0.564. The lowest BCUT2D eigenvalue weighted by Crippen LogP contribution is -2.27. The fraction of sp³-hybridized carbons (Fsp3) is 0.667. The van der Waals surface area contributed by atoms with E-state index in [1.54, 1.807) is 27.7 Å². The molecule has 0 radical (unpaired) electrons. The van der Waals surface area contributed by atoms with Crippen LogP contribution in [0.15, 0.2) is 9.95 Å². The van der Waals surface area contributed by atoms with Crippen molar-refractivity contribution in [3.05, 3.63) is 20.8 Å². The van der Waals surface area contributed by atoms with Gasteiger partial charge in [-0.1, -0.05) is 46.4 Å². The standard InChI is InChI=1S/C21H30N4OS2/c1-12(2)9-10-27-20-23-22-19-24(6)17(26)16-14-8-7-13(21(3,4)5)11-15(14)28-18(16)25(19)20/h12-13H,7-11H2,1-6H3/t13-/m1/s1.